The van der Waals surface area contributed by atoms with Gasteiger partial charge in [-0.25, -0.2) is 0 Å². The first-order valence-corrected chi connectivity index (χ1v) is 4.38. The Balaban J connectivity index is 3.13. The summed E-state index contributed by atoms with van der Waals surface area (Å²) in [6, 6.07) is 2.06. The number of hydrogen-bond acceptors (Lipinski definition) is 1. The number of rotatable bonds is 2. The summed E-state index contributed by atoms with van der Waals surface area (Å²) in [5.74, 6) is 0. The molecule has 0 spiro atoms. The minimum atomic E-state index is 0.812. The first-order valence-electron chi connectivity index (χ1n) is 3.88. The molecule has 0 N–H and O–H groups in total. The summed E-state index contributed by atoms with van der Waals surface area (Å²) in [5, 5.41) is 0. The summed E-state index contributed by atoms with van der Waals surface area (Å²) in [4.78, 5) is 4.09. The van der Waals surface area contributed by atoms with Gasteiger partial charge in [0, 0.05) is 0 Å². The molecule has 1 nitrogen and oxygen atoms in total. The van der Waals surface area contributed by atoms with E-state index in [1.165, 1.54) is 11.1 Å². The molecule has 0 fully saturated rings. The third-order valence-electron chi connectivity index (χ3n) is 1.81. The van der Waals surface area contributed by atoms with E-state index in [4.69, 9.17) is 15.5 Å². The van der Waals surface area contributed by atoms with Crippen LogP contribution in [0.4, 0.5) is 0 Å². The van der Waals surface area contributed by atoms with Gasteiger partial charge in [0.05, 0.1) is 0 Å². The third-order valence-corrected chi connectivity index (χ3v) is 2.23. The SMILES string of the molecule is CCc1ccn[c]([Ni])c1CC. The van der Waals surface area contributed by atoms with E-state index in [0.29, 0.717) is 0 Å². The van der Waals surface area contributed by atoms with E-state index in [1.54, 1.807) is 6.20 Å². The van der Waals surface area contributed by atoms with Crippen LogP contribution in [0.25, 0.3) is 0 Å². The molecule has 0 saturated carbocycles. The Bertz CT molecular complexity index is 245. The Kier molecular flexibility index (Phi) is 3.07. The molecular formula is C9H12NNi. The van der Waals surface area contributed by atoms with Crippen LogP contribution in [-0.2, 0) is 28.3 Å². The molecule has 0 unspecified atom stereocenters. The van der Waals surface area contributed by atoms with Gasteiger partial charge in [-0.15, -0.1) is 0 Å². The van der Waals surface area contributed by atoms with Gasteiger partial charge >= 0.3 is 75.2 Å². The van der Waals surface area contributed by atoms with Gasteiger partial charge in [-0.2, -0.15) is 0 Å². The van der Waals surface area contributed by atoms with Crippen LogP contribution in [0, 0.1) is 0 Å². The van der Waals surface area contributed by atoms with Gasteiger partial charge in [0.1, 0.15) is 0 Å². The molecule has 1 rings (SSSR count). The second-order valence-electron chi connectivity index (χ2n) is 2.42. The molecular weight excluding hydrogens is 181 g/mol. The average molecular weight is 193 g/mol. The van der Waals surface area contributed by atoms with Crippen molar-refractivity contribution < 1.29 is 15.5 Å². The Morgan fingerprint density at radius 1 is 1.36 bits per heavy atom. The third kappa shape index (κ3) is 1.81. The van der Waals surface area contributed by atoms with Crippen LogP contribution < -0.4 is 4.66 Å². The van der Waals surface area contributed by atoms with Gasteiger partial charge in [0.15, 0.2) is 0 Å². The molecule has 0 atom stereocenters. The molecule has 11 heavy (non-hydrogen) atoms. The van der Waals surface area contributed by atoms with E-state index in [2.05, 4.69) is 24.9 Å². The molecule has 1 heterocycles. The van der Waals surface area contributed by atoms with Crippen LogP contribution in [0.1, 0.15) is 25.0 Å². The molecule has 0 aromatic carbocycles. The molecule has 0 saturated heterocycles. The maximum absolute atomic E-state index is 4.79. The Morgan fingerprint density at radius 2 is 2.09 bits per heavy atom. The van der Waals surface area contributed by atoms with Crippen molar-refractivity contribution in [1.29, 1.82) is 0 Å². The van der Waals surface area contributed by atoms with E-state index < -0.39 is 0 Å². The molecule has 0 aliphatic rings. The zero-order chi connectivity index (χ0) is 8.27. The summed E-state index contributed by atoms with van der Waals surface area (Å²) < 4.78 is 0.812. The molecule has 1 aromatic rings. The minimum absolute atomic E-state index is 0.812. The van der Waals surface area contributed by atoms with Crippen LogP contribution >= 0.6 is 0 Å². The Hall–Kier alpha value is -0.356. The number of aromatic nitrogens is 1. The van der Waals surface area contributed by atoms with Crippen molar-refractivity contribution in [2.75, 3.05) is 0 Å². The standard InChI is InChI=1S/C9H12N.Ni/c1-3-8-5-6-10-7-9(8)4-2;/h5-6H,3-4H2,1-2H3;. The second-order valence-corrected chi connectivity index (χ2v) is 2.89. The summed E-state index contributed by atoms with van der Waals surface area (Å²) in [5.41, 5.74) is 2.61. The van der Waals surface area contributed by atoms with Gasteiger partial charge in [-0.1, -0.05) is 0 Å². The van der Waals surface area contributed by atoms with Crippen molar-refractivity contribution in [1.82, 2.24) is 4.98 Å². The molecule has 0 aliphatic heterocycles. The normalized spacial score (nSPS) is 10.2. The van der Waals surface area contributed by atoms with Crippen LogP contribution in [0.15, 0.2) is 12.3 Å². The quantitative estimate of drug-likeness (QED) is 0.646. The zero-order valence-corrected chi connectivity index (χ0v) is 7.82. The van der Waals surface area contributed by atoms with E-state index in [9.17, 15) is 0 Å². The molecule has 0 aliphatic carbocycles. The van der Waals surface area contributed by atoms with Crippen LogP contribution in [0.5, 0.6) is 0 Å². The topological polar surface area (TPSA) is 12.9 Å². The van der Waals surface area contributed by atoms with E-state index in [1.807, 2.05) is 0 Å². The molecule has 0 bridgehead atoms. The number of nitrogens with zero attached hydrogens (tertiary/aromatic N) is 1. The van der Waals surface area contributed by atoms with Gasteiger partial charge in [-0.3, -0.25) is 0 Å². The Labute approximate surface area is 75.6 Å². The van der Waals surface area contributed by atoms with Crippen LogP contribution in [-0.4, -0.2) is 4.98 Å². The molecule has 63 valence electrons. The van der Waals surface area contributed by atoms with E-state index >= 15 is 0 Å². The fraction of sp³-hybridized carbons (Fsp3) is 0.444. The second kappa shape index (κ2) is 3.87. The number of hydrogen-bond donors (Lipinski definition) is 0. The average Bonchev–Trinajstić information content (AvgIpc) is 2.04. The molecule has 0 radical (unpaired) electrons. The molecule has 0 amide bonds. The maximum atomic E-state index is 4.79. The van der Waals surface area contributed by atoms with Crippen molar-refractivity contribution in [2.45, 2.75) is 26.7 Å². The summed E-state index contributed by atoms with van der Waals surface area (Å²) >= 11 is 4.79. The van der Waals surface area contributed by atoms with E-state index in [0.717, 1.165) is 17.5 Å². The van der Waals surface area contributed by atoms with E-state index in [-0.39, 0.29) is 0 Å². The first-order chi connectivity index (χ1) is 5.29. The number of aryl methyl sites for hydroxylation is 1. The fourth-order valence-corrected chi connectivity index (χ4v) is 1.59. The Morgan fingerprint density at radius 3 is 2.55 bits per heavy atom. The summed E-state index contributed by atoms with van der Waals surface area (Å²) in [7, 11) is 0. The van der Waals surface area contributed by atoms with Crippen LogP contribution in [0.3, 0.4) is 0 Å². The van der Waals surface area contributed by atoms with Crippen molar-refractivity contribution >= 4 is 4.66 Å². The predicted octanol–water partition coefficient (Wildman–Crippen LogP) is 1.38. The first kappa shape index (κ1) is 8.74. The monoisotopic (exact) mass is 192 g/mol. The van der Waals surface area contributed by atoms with Gasteiger partial charge in [0.25, 0.3) is 0 Å². The predicted molar refractivity (Wildman–Crippen MR) is 42.6 cm³/mol. The summed E-state index contributed by atoms with van der Waals surface area (Å²) in [6.07, 6.45) is 3.87. The fourth-order valence-electron chi connectivity index (χ4n) is 1.18. The van der Waals surface area contributed by atoms with Crippen molar-refractivity contribution in [3.8, 4) is 0 Å². The van der Waals surface area contributed by atoms with Gasteiger partial charge in [-0.05, 0) is 0 Å². The van der Waals surface area contributed by atoms with Crippen molar-refractivity contribution in [3.63, 3.8) is 0 Å². The van der Waals surface area contributed by atoms with Gasteiger partial charge < -0.3 is 0 Å². The van der Waals surface area contributed by atoms with Crippen LogP contribution in [0.2, 0.25) is 0 Å². The zero-order valence-electron chi connectivity index (χ0n) is 6.83. The molecule has 2 heteroatoms. The number of pyridine rings is 1. The van der Waals surface area contributed by atoms with Gasteiger partial charge in [0.2, 0.25) is 0 Å². The summed E-state index contributed by atoms with van der Waals surface area (Å²) in [6.45, 7) is 4.27. The van der Waals surface area contributed by atoms with Crippen molar-refractivity contribution in [3.05, 3.63) is 23.4 Å². The molecule has 1 aromatic heterocycles. The van der Waals surface area contributed by atoms with Crippen molar-refractivity contribution in [2.24, 2.45) is 0 Å².